The monoisotopic (exact) mass is 199 g/mol. The van der Waals surface area contributed by atoms with Gasteiger partial charge in [-0.05, 0) is 19.3 Å². The van der Waals surface area contributed by atoms with E-state index in [9.17, 15) is 4.79 Å². The highest BCUT2D eigenvalue weighted by atomic mass is 16.5. The minimum Gasteiger partial charge on any atom is -0.385 e. The Kier molecular flexibility index (Phi) is 5.60. The van der Waals surface area contributed by atoms with E-state index < -0.39 is 0 Å². The van der Waals surface area contributed by atoms with Crippen molar-refractivity contribution in [1.29, 1.82) is 0 Å². The first kappa shape index (κ1) is 11.5. The highest BCUT2D eigenvalue weighted by Crippen LogP contribution is 2.23. The van der Waals surface area contributed by atoms with Crippen molar-refractivity contribution in [1.82, 2.24) is 5.32 Å². The topological polar surface area (TPSA) is 38.3 Å². The predicted molar refractivity (Wildman–Crippen MR) is 56.1 cm³/mol. The van der Waals surface area contributed by atoms with Gasteiger partial charge in [0, 0.05) is 26.2 Å². The molecule has 0 aromatic carbocycles. The maximum absolute atomic E-state index is 11.6. The first-order chi connectivity index (χ1) is 6.84. The zero-order valence-corrected chi connectivity index (χ0v) is 9.05. The van der Waals surface area contributed by atoms with E-state index in [0.29, 0.717) is 0 Å². The van der Waals surface area contributed by atoms with E-state index in [1.54, 1.807) is 7.11 Å². The Morgan fingerprint density at radius 3 is 2.71 bits per heavy atom. The Hall–Kier alpha value is -0.570. The van der Waals surface area contributed by atoms with Crippen molar-refractivity contribution in [2.75, 3.05) is 20.3 Å². The number of hydrogen-bond acceptors (Lipinski definition) is 2. The van der Waals surface area contributed by atoms with Gasteiger partial charge in [0.25, 0.3) is 0 Å². The third-order valence-electron chi connectivity index (χ3n) is 2.80. The van der Waals surface area contributed by atoms with Gasteiger partial charge in [0.15, 0.2) is 0 Å². The van der Waals surface area contributed by atoms with E-state index in [4.69, 9.17) is 4.74 Å². The fourth-order valence-electron chi connectivity index (χ4n) is 1.94. The fraction of sp³-hybridized carbons (Fsp3) is 0.909. The number of carbonyl (C=O) groups is 1. The average Bonchev–Trinajstić information content (AvgIpc) is 2.25. The van der Waals surface area contributed by atoms with Crippen LogP contribution in [0, 0.1) is 5.92 Å². The molecule has 1 aliphatic carbocycles. The first-order valence-electron chi connectivity index (χ1n) is 5.61. The minimum absolute atomic E-state index is 0.251. The van der Waals surface area contributed by atoms with Crippen LogP contribution in [-0.4, -0.2) is 26.2 Å². The zero-order chi connectivity index (χ0) is 10.2. The van der Waals surface area contributed by atoms with Crippen LogP contribution in [0.1, 0.15) is 38.5 Å². The number of ether oxygens (including phenoxy) is 1. The summed E-state index contributed by atoms with van der Waals surface area (Å²) in [6, 6.07) is 0. The van der Waals surface area contributed by atoms with E-state index in [-0.39, 0.29) is 11.8 Å². The van der Waals surface area contributed by atoms with Crippen molar-refractivity contribution in [2.24, 2.45) is 5.92 Å². The van der Waals surface area contributed by atoms with Crippen molar-refractivity contribution in [3.8, 4) is 0 Å². The Morgan fingerprint density at radius 2 is 2.07 bits per heavy atom. The molecule has 14 heavy (non-hydrogen) atoms. The average molecular weight is 199 g/mol. The highest BCUT2D eigenvalue weighted by Gasteiger charge is 2.20. The third-order valence-corrected chi connectivity index (χ3v) is 2.80. The molecule has 0 heterocycles. The summed E-state index contributed by atoms with van der Waals surface area (Å²) in [6.07, 6.45) is 6.81. The molecule has 3 nitrogen and oxygen atoms in total. The van der Waals surface area contributed by atoms with E-state index in [1.165, 1.54) is 19.3 Å². The van der Waals surface area contributed by atoms with Crippen molar-refractivity contribution in [3.63, 3.8) is 0 Å². The molecule has 0 aromatic heterocycles. The normalized spacial score (nSPS) is 18.1. The molecule has 1 N–H and O–H groups in total. The Balaban J connectivity index is 2.07. The van der Waals surface area contributed by atoms with Gasteiger partial charge in [0.2, 0.25) is 5.91 Å². The van der Waals surface area contributed by atoms with Crippen LogP contribution >= 0.6 is 0 Å². The molecule has 82 valence electrons. The maximum Gasteiger partial charge on any atom is 0.223 e. The summed E-state index contributed by atoms with van der Waals surface area (Å²) >= 11 is 0. The minimum atomic E-state index is 0.251. The Bertz CT molecular complexity index is 165. The zero-order valence-electron chi connectivity index (χ0n) is 9.05. The van der Waals surface area contributed by atoms with Crippen LogP contribution in [-0.2, 0) is 9.53 Å². The second kappa shape index (κ2) is 6.82. The molecule has 3 heteroatoms. The molecule has 1 amide bonds. The van der Waals surface area contributed by atoms with E-state index in [1.807, 2.05) is 0 Å². The summed E-state index contributed by atoms with van der Waals surface area (Å²) in [5, 5.41) is 2.97. The van der Waals surface area contributed by atoms with Gasteiger partial charge in [-0.2, -0.15) is 0 Å². The SMILES string of the molecule is COCCCNC(=O)C1CCCCC1. The summed E-state index contributed by atoms with van der Waals surface area (Å²) in [6.45, 7) is 1.48. The number of carbonyl (C=O) groups excluding carboxylic acids is 1. The second-order valence-electron chi connectivity index (χ2n) is 3.97. The molecule has 0 bridgehead atoms. The van der Waals surface area contributed by atoms with Gasteiger partial charge in [-0.15, -0.1) is 0 Å². The lowest BCUT2D eigenvalue weighted by atomic mass is 9.89. The number of methoxy groups -OCH3 is 1. The van der Waals surface area contributed by atoms with Crippen molar-refractivity contribution >= 4 is 5.91 Å². The summed E-state index contributed by atoms with van der Waals surface area (Å²) in [5.74, 6) is 0.534. The van der Waals surface area contributed by atoms with Gasteiger partial charge in [-0.25, -0.2) is 0 Å². The molecule has 1 aliphatic rings. The van der Waals surface area contributed by atoms with Gasteiger partial charge in [0.1, 0.15) is 0 Å². The summed E-state index contributed by atoms with van der Waals surface area (Å²) < 4.78 is 4.92. The van der Waals surface area contributed by atoms with Gasteiger partial charge < -0.3 is 10.1 Å². The molecule has 0 aromatic rings. The molecule has 1 fully saturated rings. The quantitative estimate of drug-likeness (QED) is 0.685. The van der Waals surface area contributed by atoms with Gasteiger partial charge in [0.05, 0.1) is 0 Å². The molecule has 0 saturated heterocycles. The molecule has 0 radical (unpaired) electrons. The van der Waals surface area contributed by atoms with Gasteiger partial charge >= 0.3 is 0 Å². The lowest BCUT2D eigenvalue weighted by molar-refractivity contribution is -0.125. The number of hydrogen-bond donors (Lipinski definition) is 1. The van der Waals surface area contributed by atoms with Crippen LogP contribution < -0.4 is 5.32 Å². The van der Waals surface area contributed by atoms with Crippen LogP contribution in [0.5, 0.6) is 0 Å². The summed E-state index contributed by atoms with van der Waals surface area (Å²) in [7, 11) is 1.68. The van der Waals surface area contributed by atoms with Crippen LogP contribution in [0.3, 0.4) is 0 Å². The molecule has 0 aliphatic heterocycles. The van der Waals surface area contributed by atoms with E-state index in [0.717, 1.165) is 32.4 Å². The molecule has 0 spiro atoms. The van der Waals surface area contributed by atoms with Crippen molar-refractivity contribution in [3.05, 3.63) is 0 Å². The summed E-state index contributed by atoms with van der Waals surface area (Å²) in [5.41, 5.74) is 0. The molecule has 1 saturated carbocycles. The smallest absolute Gasteiger partial charge is 0.223 e. The van der Waals surface area contributed by atoms with Crippen molar-refractivity contribution in [2.45, 2.75) is 38.5 Å². The largest absolute Gasteiger partial charge is 0.385 e. The molecular formula is C11H21NO2. The van der Waals surface area contributed by atoms with E-state index >= 15 is 0 Å². The molecule has 1 rings (SSSR count). The van der Waals surface area contributed by atoms with Gasteiger partial charge in [-0.1, -0.05) is 19.3 Å². The number of rotatable bonds is 5. The Morgan fingerprint density at radius 1 is 1.36 bits per heavy atom. The molecular weight excluding hydrogens is 178 g/mol. The standard InChI is InChI=1S/C11H21NO2/c1-14-9-5-8-12-11(13)10-6-3-2-4-7-10/h10H,2-9H2,1H3,(H,12,13). The Labute approximate surface area is 86.2 Å². The van der Waals surface area contributed by atoms with Crippen LogP contribution in [0.4, 0.5) is 0 Å². The van der Waals surface area contributed by atoms with Crippen LogP contribution in [0.15, 0.2) is 0 Å². The molecule has 0 unspecified atom stereocenters. The lowest BCUT2D eigenvalue weighted by Gasteiger charge is -2.20. The number of nitrogens with one attached hydrogen (secondary N) is 1. The predicted octanol–water partition coefficient (Wildman–Crippen LogP) is 1.72. The number of amides is 1. The lowest BCUT2D eigenvalue weighted by Crippen LogP contribution is -2.32. The van der Waals surface area contributed by atoms with Gasteiger partial charge in [-0.3, -0.25) is 4.79 Å². The van der Waals surface area contributed by atoms with E-state index in [2.05, 4.69) is 5.32 Å². The third kappa shape index (κ3) is 4.09. The maximum atomic E-state index is 11.6. The van der Waals surface area contributed by atoms with Crippen LogP contribution in [0.25, 0.3) is 0 Å². The highest BCUT2D eigenvalue weighted by molar-refractivity contribution is 5.78. The first-order valence-corrected chi connectivity index (χ1v) is 5.61. The summed E-state index contributed by atoms with van der Waals surface area (Å²) in [4.78, 5) is 11.6. The second-order valence-corrected chi connectivity index (χ2v) is 3.97. The molecule has 0 atom stereocenters. The van der Waals surface area contributed by atoms with Crippen LogP contribution in [0.2, 0.25) is 0 Å². The fourth-order valence-corrected chi connectivity index (χ4v) is 1.94. The van der Waals surface area contributed by atoms with Crippen molar-refractivity contribution < 1.29 is 9.53 Å².